The molecule has 4 aromatic rings. The highest BCUT2D eigenvalue weighted by Gasteiger charge is 2.46. The van der Waals surface area contributed by atoms with E-state index >= 15 is 0 Å². The lowest BCUT2D eigenvalue weighted by Crippen LogP contribution is -2.57. The van der Waals surface area contributed by atoms with Gasteiger partial charge < -0.3 is 17.7 Å². The maximum absolute atomic E-state index is 6.79. The Labute approximate surface area is 259 Å². The highest BCUT2D eigenvalue weighted by Crippen LogP contribution is 2.39. The van der Waals surface area contributed by atoms with E-state index in [2.05, 4.69) is 113 Å². The minimum atomic E-state index is -2.78. The fourth-order valence-electron chi connectivity index (χ4n) is 7.47. The predicted molar refractivity (Wildman–Crippen MR) is 181 cm³/mol. The number of hydrogen-bond acceptors (Lipinski definition) is 4. The van der Waals surface area contributed by atoms with Crippen molar-refractivity contribution < 1.29 is 17.7 Å². The van der Waals surface area contributed by atoms with Gasteiger partial charge in [-0.05, 0) is 114 Å². The Kier molecular flexibility index (Phi) is 9.14. The van der Waals surface area contributed by atoms with Crippen molar-refractivity contribution >= 4 is 27.5 Å². The molecule has 0 aromatic heterocycles. The van der Waals surface area contributed by atoms with Crippen LogP contribution >= 0.6 is 0 Å². The van der Waals surface area contributed by atoms with Gasteiger partial charge >= 0.3 is 17.1 Å². The van der Waals surface area contributed by atoms with Crippen LogP contribution in [0.15, 0.2) is 84.9 Å². The average Bonchev–Trinajstić information content (AvgIpc) is 3.60. The van der Waals surface area contributed by atoms with Crippen LogP contribution in [0.5, 0.6) is 0 Å². The monoisotopic (exact) mass is 608 g/mol. The summed E-state index contributed by atoms with van der Waals surface area (Å²) in [6, 6.07) is 32.8. The SMILES string of the molecule is CCO[Si](CCC[Si](OCC)(OCC)c1cccc2c1Cc1ccccc1-2)(OCC)c1cccc2c1Cc1ccccc1-2. The molecule has 2 aliphatic carbocycles. The molecule has 6 rings (SSSR count). The zero-order chi connectivity index (χ0) is 29.9. The highest BCUT2D eigenvalue weighted by atomic mass is 28.4. The van der Waals surface area contributed by atoms with Crippen LogP contribution < -0.4 is 10.4 Å². The fourth-order valence-corrected chi connectivity index (χ4v) is 14.9. The summed E-state index contributed by atoms with van der Waals surface area (Å²) < 4.78 is 27.1. The molecule has 224 valence electrons. The predicted octanol–water partition coefficient (Wildman–Crippen LogP) is 7.36. The maximum Gasteiger partial charge on any atom is 0.372 e. The van der Waals surface area contributed by atoms with Gasteiger partial charge in [0.2, 0.25) is 0 Å². The molecule has 0 N–H and O–H groups in total. The van der Waals surface area contributed by atoms with Crippen LogP contribution in [0.1, 0.15) is 56.4 Å². The fraction of sp³-hybridized carbons (Fsp3) is 0.351. The number of rotatable bonds is 14. The summed E-state index contributed by atoms with van der Waals surface area (Å²) in [5.41, 5.74) is 10.9. The van der Waals surface area contributed by atoms with Crippen LogP contribution in [0.4, 0.5) is 0 Å². The molecule has 4 aromatic carbocycles. The summed E-state index contributed by atoms with van der Waals surface area (Å²) in [7, 11) is -5.55. The third-order valence-corrected chi connectivity index (χ3v) is 16.7. The molecule has 43 heavy (non-hydrogen) atoms. The van der Waals surface area contributed by atoms with Crippen molar-refractivity contribution in [1.82, 2.24) is 0 Å². The van der Waals surface area contributed by atoms with Crippen molar-refractivity contribution in [1.29, 1.82) is 0 Å². The van der Waals surface area contributed by atoms with Gasteiger partial charge in [0.05, 0.1) is 0 Å². The summed E-state index contributed by atoms with van der Waals surface area (Å²) >= 11 is 0. The van der Waals surface area contributed by atoms with Crippen LogP contribution in [0.3, 0.4) is 0 Å². The molecule has 6 heteroatoms. The Hall–Kier alpha value is -2.85. The molecule has 0 amide bonds. The maximum atomic E-state index is 6.79. The van der Waals surface area contributed by atoms with E-state index < -0.39 is 17.1 Å². The second-order valence-corrected chi connectivity index (χ2v) is 17.7. The minimum absolute atomic E-state index is 0.632. The Morgan fingerprint density at radius 1 is 0.465 bits per heavy atom. The summed E-state index contributed by atoms with van der Waals surface area (Å²) in [6.45, 7) is 10.9. The highest BCUT2D eigenvalue weighted by molar-refractivity contribution is 6.83. The zero-order valence-electron chi connectivity index (χ0n) is 26.1. The third-order valence-electron chi connectivity index (χ3n) is 9.04. The Bertz CT molecular complexity index is 1450. The lowest BCUT2D eigenvalue weighted by atomic mass is 10.1. The van der Waals surface area contributed by atoms with Crippen LogP contribution in [0, 0.1) is 0 Å². The molecule has 0 bridgehead atoms. The first kappa shape index (κ1) is 30.2. The van der Waals surface area contributed by atoms with Crippen molar-refractivity contribution in [2.24, 2.45) is 0 Å². The van der Waals surface area contributed by atoms with Gasteiger partial charge in [-0.2, -0.15) is 0 Å². The average molecular weight is 609 g/mol. The van der Waals surface area contributed by atoms with E-state index in [1.807, 2.05) is 0 Å². The molecular formula is C37H44O4Si2. The van der Waals surface area contributed by atoms with Gasteiger partial charge in [-0.1, -0.05) is 84.9 Å². The Morgan fingerprint density at radius 2 is 0.837 bits per heavy atom. The van der Waals surface area contributed by atoms with E-state index in [1.54, 1.807) is 0 Å². The first-order valence-electron chi connectivity index (χ1n) is 16.1. The third kappa shape index (κ3) is 5.50. The van der Waals surface area contributed by atoms with E-state index in [1.165, 1.54) is 54.9 Å². The molecule has 4 nitrogen and oxygen atoms in total. The van der Waals surface area contributed by atoms with Crippen LogP contribution in [-0.2, 0) is 30.5 Å². The molecule has 0 saturated heterocycles. The molecule has 0 unspecified atom stereocenters. The normalized spacial score (nSPS) is 13.5. The first-order chi connectivity index (χ1) is 21.1. The standard InChI is InChI=1S/C37H44O4Si2/c1-5-38-42(39-6-2,36-22-13-20-32-30-18-11-9-16-28(30)26-34(32)36)24-15-25-43(40-7-3,41-8-4)37-23-14-21-33-31-19-12-10-17-29(31)27-35(33)37/h9-14,16-23H,5-8,15,24-27H2,1-4H3. The van der Waals surface area contributed by atoms with Gasteiger partial charge in [-0.25, -0.2) is 0 Å². The molecule has 0 radical (unpaired) electrons. The number of fused-ring (bicyclic) bond motifs is 6. The lowest BCUT2D eigenvalue weighted by Gasteiger charge is -2.35. The van der Waals surface area contributed by atoms with Crippen LogP contribution in [-0.4, -0.2) is 43.5 Å². The summed E-state index contributed by atoms with van der Waals surface area (Å²) in [5.74, 6) is 0. The summed E-state index contributed by atoms with van der Waals surface area (Å²) in [5, 5.41) is 2.59. The van der Waals surface area contributed by atoms with Crippen molar-refractivity contribution in [3.63, 3.8) is 0 Å². The molecular weight excluding hydrogens is 565 g/mol. The molecule has 0 aliphatic heterocycles. The van der Waals surface area contributed by atoms with Gasteiger partial charge in [0, 0.05) is 26.4 Å². The van der Waals surface area contributed by atoms with Crippen molar-refractivity contribution in [3.05, 3.63) is 107 Å². The number of hydrogen-bond donors (Lipinski definition) is 0. The molecule has 0 saturated carbocycles. The van der Waals surface area contributed by atoms with Crippen LogP contribution in [0.2, 0.25) is 12.1 Å². The Morgan fingerprint density at radius 3 is 1.23 bits per heavy atom. The van der Waals surface area contributed by atoms with Gasteiger partial charge in [0.1, 0.15) is 0 Å². The Balaban J connectivity index is 1.35. The quantitative estimate of drug-likeness (QED) is 0.121. The molecule has 0 fully saturated rings. The van der Waals surface area contributed by atoms with E-state index in [0.29, 0.717) is 26.4 Å². The van der Waals surface area contributed by atoms with Crippen LogP contribution in [0.25, 0.3) is 22.3 Å². The van der Waals surface area contributed by atoms with Gasteiger partial charge in [-0.3, -0.25) is 0 Å². The van der Waals surface area contributed by atoms with Crippen molar-refractivity contribution in [3.8, 4) is 22.3 Å². The number of benzene rings is 4. The largest absolute Gasteiger partial charge is 0.391 e. The van der Waals surface area contributed by atoms with Gasteiger partial charge in [0.15, 0.2) is 0 Å². The lowest BCUT2D eigenvalue weighted by molar-refractivity contribution is 0.189. The van der Waals surface area contributed by atoms with Gasteiger partial charge in [0.25, 0.3) is 0 Å². The molecule has 2 aliphatic rings. The first-order valence-corrected chi connectivity index (χ1v) is 20.1. The van der Waals surface area contributed by atoms with E-state index in [9.17, 15) is 0 Å². The second-order valence-electron chi connectivity index (χ2n) is 11.4. The summed E-state index contributed by atoms with van der Waals surface area (Å²) in [4.78, 5) is 0. The van der Waals surface area contributed by atoms with Crippen molar-refractivity contribution in [2.45, 2.75) is 59.0 Å². The van der Waals surface area contributed by atoms with E-state index in [4.69, 9.17) is 17.7 Å². The minimum Gasteiger partial charge on any atom is -0.391 e. The zero-order valence-corrected chi connectivity index (χ0v) is 28.1. The second kappa shape index (κ2) is 13.0. The van der Waals surface area contributed by atoms with Gasteiger partial charge in [-0.15, -0.1) is 0 Å². The van der Waals surface area contributed by atoms with E-state index in [-0.39, 0.29) is 0 Å². The van der Waals surface area contributed by atoms with Crippen molar-refractivity contribution in [2.75, 3.05) is 26.4 Å². The molecule has 0 heterocycles. The topological polar surface area (TPSA) is 36.9 Å². The van der Waals surface area contributed by atoms with E-state index in [0.717, 1.165) is 31.4 Å². The summed E-state index contributed by atoms with van der Waals surface area (Å²) in [6.07, 6.45) is 2.79. The smallest absolute Gasteiger partial charge is 0.372 e. The molecule has 0 atom stereocenters. The molecule has 0 spiro atoms.